The van der Waals surface area contributed by atoms with Crippen molar-refractivity contribution < 1.29 is 15.0 Å². The second kappa shape index (κ2) is 5.69. The Kier molecular flexibility index (Phi) is 5.27. The van der Waals surface area contributed by atoms with Crippen molar-refractivity contribution in [2.45, 2.75) is 6.10 Å². The number of carbonyl (C=O) groups excluding carboxylic acids is 1. The van der Waals surface area contributed by atoms with Crippen LogP contribution in [0.3, 0.4) is 0 Å². The fourth-order valence-corrected chi connectivity index (χ4v) is 1.20. The van der Waals surface area contributed by atoms with Gasteiger partial charge in [0.25, 0.3) is 11.9 Å². The summed E-state index contributed by atoms with van der Waals surface area (Å²) in [4.78, 5) is 14.7. The van der Waals surface area contributed by atoms with Crippen molar-refractivity contribution in [3.05, 3.63) is 35.9 Å². The van der Waals surface area contributed by atoms with Gasteiger partial charge >= 0.3 is 23.1 Å². The first-order valence-corrected chi connectivity index (χ1v) is 3.87. The van der Waals surface area contributed by atoms with E-state index in [0.29, 0.717) is 0 Å². The Morgan fingerprint density at radius 3 is 2.33 bits per heavy atom. The Morgan fingerprint density at radius 2 is 1.87 bits per heavy atom. The molecule has 3 N–H and O–H groups in total. The monoisotopic (exact) mass is 217 g/mol. The predicted octanol–water partition coefficient (Wildman–Crippen LogP) is 0.0416. The van der Waals surface area contributed by atoms with Gasteiger partial charge in [0.1, 0.15) is 0 Å². The third-order valence-electron chi connectivity index (χ3n) is 1.79. The van der Waals surface area contributed by atoms with E-state index in [4.69, 9.17) is 10.5 Å². The standard InChI is InChI=1S/C9H8N2O2.Mg.H2O/c10-9-11-8(12)7(13-9)6-4-2-1-3-5-6;;/h1-5,7H,(H2,10,11,12);;1H2/q;+2;/p-1. The van der Waals surface area contributed by atoms with Crippen molar-refractivity contribution in [1.29, 1.82) is 0 Å². The molecule has 0 bridgehead atoms. The minimum Gasteiger partial charge on any atom is -0.870 e. The van der Waals surface area contributed by atoms with E-state index in [1.807, 2.05) is 18.2 Å². The Balaban J connectivity index is 0.000000980. The molecule has 0 saturated heterocycles. The summed E-state index contributed by atoms with van der Waals surface area (Å²) in [5.41, 5.74) is 6.03. The molecule has 6 heteroatoms. The summed E-state index contributed by atoms with van der Waals surface area (Å²) in [6, 6.07) is 9.08. The molecule has 0 fully saturated rings. The Labute approximate surface area is 103 Å². The fraction of sp³-hybridized carbons (Fsp3) is 0.111. The summed E-state index contributed by atoms with van der Waals surface area (Å²) >= 11 is 0. The number of benzene rings is 1. The topological polar surface area (TPSA) is 94.7 Å². The molecular weight excluding hydrogens is 208 g/mol. The summed E-state index contributed by atoms with van der Waals surface area (Å²) in [6.07, 6.45) is -0.652. The summed E-state index contributed by atoms with van der Waals surface area (Å²) in [6.45, 7) is 0. The van der Waals surface area contributed by atoms with Crippen LogP contribution in [0.15, 0.2) is 35.3 Å². The fourth-order valence-electron chi connectivity index (χ4n) is 1.20. The van der Waals surface area contributed by atoms with Gasteiger partial charge in [-0.05, 0) is 0 Å². The Hall–Kier alpha value is -1.11. The van der Waals surface area contributed by atoms with Crippen LogP contribution in [0.25, 0.3) is 0 Å². The maximum atomic E-state index is 11.2. The summed E-state index contributed by atoms with van der Waals surface area (Å²) in [5.74, 6) is -0.344. The van der Waals surface area contributed by atoms with Gasteiger partial charge in [0.2, 0.25) is 6.10 Å². The molecule has 74 valence electrons. The number of amides is 1. The number of nitrogens with two attached hydrogens (primary N) is 1. The van der Waals surface area contributed by atoms with Crippen LogP contribution in [0, 0.1) is 0 Å². The second-order valence-electron chi connectivity index (χ2n) is 2.70. The predicted molar refractivity (Wildman–Crippen MR) is 54.6 cm³/mol. The van der Waals surface area contributed by atoms with Crippen molar-refractivity contribution in [2.75, 3.05) is 0 Å². The molecule has 1 aromatic carbocycles. The number of rotatable bonds is 1. The van der Waals surface area contributed by atoms with E-state index in [9.17, 15) is 4.79 Å². The zero-order valence-corrected chi connectivity index (χ0v) is 9.37. The Morgan fingerprint density at radius 1 is 1.27 bits per heavy atom. The maximum Gasteiger partial charge on any atom is 2.00 e. The minimum absolute atomic E-state index is 0. The number of ether oxygens (including phenoxy) is 1. The number of hydrogen-bond donors (Lipinski definition) is 1. The molecule has 1 unspecified atom stereocenters. The molecule has 2 rings (SSSR count). The minimum atomic E-state index is -0.652. The van der Waals surface area contributed by atoms with Crippen LogP contribution in [0.2, 0.25) is 0 Å². The number of carbonyl (C=O) groups is 1. The summed E-state index contributed by atoms with van der Waals surface area (Å²) in [7, 11) is 0. The van der Waals surface area contributed by atoms with Gasteiger partial charge in [0.15, 0.2) is 0 Å². The van der Waals surface area contributed by atoms with Crippen LogP contribution in [0.1, 0.15) is 11.7 Å². The molecule has 0 aromatic heterocycles. The van der Waals surface area contributed by atoms with E-state index in [0.717, 1.165) is 5.56 Å². The molecule has 1 heterocycles. The smallest absolute Gasteiger partial charge is 0.870 e. The molecule has 1 amide bonds. The van der Waals surface area contributed by atoms with Gasteiger partial charge in [0, 0.05) is 5.56 Å². The summed E-state index contributed by atoms with van der Waals surface area (Å²) < 4.78 is 5.04. The van der Waals surface area contributed by atoms with Gasteiger partial charge in [0.05, 0.1) is 0 Å². The number of amidine groups is 1. The van der Waals surface area contributed by atoms with Gasteiger partial charge in [-0.1, -0.05) is 30.3 Å². The molecule has 0 saturated carbocycles. The van der Waals surface area contributed by atoms with E-state index >= 15 is 0 Å². The van der Waals surface area contributed by atoms with Crippen molar-refractivity contribution in [1.82, 2.24) is 0 Å². The van der Waals surface area contributed by atoms with E-state index < -0.39 is 6.10 Å². The zero-order valence-electron chi connectivity index (χ0n) is 7.96. The van der Waals surface area contributed by atoms with Crippen molar-refractivity contribution >= 4 is 35.0 Å². The molecule has 15 heavy (non-hydrogen) atoms. The molecule has 0 aliphatic carbocycles. The molecule has 0 radical (unpaired) electrons. The maximum absolute atomic E-state index is 11.2. The molecule has 1 atom stereocenters. The second-order valence-corrected chi connectivity index (χ2v) is 2.70. The quantitative estimate of drug-likeness (QED) is 0.672. The first-order valence-electron chi connectivity index (χ1n) is 3.87. The van der Waals surface area contributed by atoms with Crippen LogP contribution in [0.5, 0.6) is 0 Å². The third-order valence-corrected chi connectivity index (χ3v) is 1.79. The van der Waals surface area contributed by atoms with Crippen LogP contribution in [0.4, 0.5) is 0 Å². The van der Waals surface area contributed by atoms with Gasteiger partial charge in [-0.15, -0.1) is 0 Å². The number of hydrogen-bond acceptors (Lipinski definition) is 4. The molecule has 5 nitrogen and oxygen atoms in total. The summed E-state index contributed by atoms with van der Waals surface area (Å²) in [5, 5.41) is 0. The average Bonchev–Trinajstić information content (AvgIpc) is 2.47. The van der Waals surface area contributed by atoms with E-state index in [2.05, 4.69) is 4.99 Å². The van der Waals surface area contributed by atoms with Crippen LogP contribution in [-0.2, 0) is 9.53 Å². The van der Waals surface area contributed by atoms with Crippen molar-refractivity contribution in [2.24, 2.45) is 10.7 Å². The molecular formula is C9H9MgN2O3+. The van der Waals surface area contributed by atoms with Gasteiger partial charge in [-0.25, -0.2) is 0 Å². The van der Waals surface area contributed by atoms with Crippen molar-refractivity contribution in [3.8, 4) is 0 Å². The normalized spacial score (nSPS) is 18.3. The third kappa shape index (κ3) is 2.92. The molecule has 1 aromatic rings. The SMILES string of the molecule is NC1=NC(=O)C(c2ccccc2)O1.[Mg+2].[OH-]. The van der Waals surface area contributed by atoms with Gasteiger partial charge in [-0.3, -0.25) is 4.79 Å². The number of aliphatic imine (C=N–C) groups is 1. The first kappa shape index (κ1) is 13.9. The van der Waals surface area contributed by atoms with Gasteiger partial charge < -0.3 is 15.9 Å². The molecule has 1 aliphatic heterocycles. The van der Waals surface area contributed by atoms with Crippen molar-refractivity contribution in [3.63, 3.8) is 0 Å². The van der Waals surface area contributed by atoms with Crippen LogP contribution >= 0.6 is 0 Å². The zero-order chi connectivity index (χ0) is 9.26. The van der Waals surface area contributed by atoms with Crippen LogP contribution in [-0.4, -0.2) is 40.5 Å². The molecule has 0 spiro atoms. The van der Waals surface area contributed by atoms with Gasteiger partial charge in [-0.2, -0.15) is 4.99 Å². The Bertz CT molecular complexity index is 367. The number of nitrogens with zero attached hydrogens (tertiary/aromatic N) is 1. The largest absolute Gasteiger partial charge is 2.00 e. The van der Waals surface area contributed by atoms with E-state index in [1.54, 1.807) is 12.1 Å². The first-order chi connectivity index (χ1) is 6.27. The van der Waals surface area contributed by atoms with E-state index in [-0.39, 0.29) is 40.5 Å². The van der Waals surface area contributed by atoms with E-state index in [1.165, 1.54) is 0 Å². The average molecular weight is 217 g/mol. The molecule has 1 aliphatic rings. The van der Waals surface area contributed by atoms with Crippen LogP contribution < -0.4 is 5.73 Å².